The van der Waals surface area contributed by atoms with Crippen LogP contribution in [-0.2, 0) is 24.4 Å². The summed E-state index contributed by atoms with van der Waals surface area (Å²) in [5.41, 5.74) is 2.88. The zero-order valence-electron chi connectivity index (χ0n) is 23.4. The van der Waals surface area contributed by atoms with E-state index in [0.29, 0.717) is 74.9 Å². The minimum atomic E-state index is -0.659. The van der Waals surface area contributed by atoms with E-state index >= 15 is 0 Å². The SMILES string of the molecule is CSCC[C@@H]1NC(=O)c2cc(ccc2C)OCCCn2cc(nn2)CN(Cc2ccc(F)cc2Cl)CCCNC1=O. The van der Waals surface area contributed by atoms with Crippen LogP contribution < -0.4 is 15.4 Å². The number of carbonyl (C=O) groups excluding carboxylic acids is 2. The van der Waals surface area contributed by atoms with Gasteiger partial charge in [-0.25, -0.2) is 4.39 Å². The van der Waals surface area contributed by atoms with Gasteiger partial charge in [0.05, 0.1) is 12.3 Å². The van der Waals surface area contributed by atoms with Crippen molar-refractivity contribution >= 4 is 35.2 Å². The van der Waals surface area contributed by atoms with Crippen LogP contribution in [0.25, 0.3) is 0 Å². The van der Waals surface area contributed by atoms with Crippen LogP contribution >= 0.6 is 23.4 Å². The van der Waals surface area contributed by atoms with Crippen molar-refractivity contribution in [1.29, 1.82) is 0 Å². The fourth-order valence-electron chi connectivity index (χ4n) is 4.58. The molecule has 0 spiro atoms. The highest BCUT2D eigenvalue weighted by Crippen LogP contribution is 2.21. The van der Waals surface area contributed by atoms with E-state index in [1.807, 2.05) is 31.5 Å². The van der Waals surface area contributed by atoms with Gasteiger partial charge in [-0.3, -0.25) is 19.2 Å². The number of benzene rings is 2. The van der Waals surface area contributed by atoms with Crippen molar-refractivity contribution in [3.63, 3.8) is 0 Å². The van der Waals surface area contributed by atoms with E-state index in [0.717, 1.165) is 22.6 Å². The Labute approximate surface area is 249 Å². The van der Waals surface area contributed by atoms with Crippen LogP contribution in [0.3, 0.4) is 0 Å². The summed E-state index contributed by atoms with van der Waals surface area (Å²) >= 11 is 7.94. The van der Waals surface area contributed by atoms with Crippen molar-refractivity contribution in [2.24, 2.45) is 0 Å². The minimum absolute atomic E-state index is 0.220. The van der Waals surface area contributed by atoms with Gasteiger partial charge in [-0.15, -0.1) is 5.10 Å². The highest BCUT2D eigenvalue weighted by Gasteiger charge is 2.22. The third-order valence-electron chi connectivity index (χ3n) is 6.82. The van der Waals surface area contributed by atoms with Gasteiger partial charge in [-0.2, -0.15) is 11.8 Å². The fourth-order valence-corrected chi connectivity index (χ4v) is 5.28. The highest BCUT2D eigenvalue weighted by molar-refractivity contribution is 7.98. The predicted molar refractivity (Wildman–Crippen MR) is 159 cm³/mol. The van der Waals surface area contributed by atoms with E-state index in [9.17, 15) is 14.0 Å². The smallest absolute Gasteiger partial charge is 0.252 e. The molecule has 1 aliphatic heterocycles. The maximum atomic E-state index is 13.6. The first-order chi connectivity index (χ1) is 19.8. The Morgan fingerprint density at radius 2 is 2.02 bits per heavy atom. The molecule has 0 unspecified atom stereocenters. The van der Waals surface area contributed by atoms with E-state index in [-0.39, 0.29) is 17.6 Å². The summed E-state index contributed by atoms with van der Waals surface area (Å²) in [6, 6.07) is 9.14. The van der Waals surface area contributed by atoms with E-state index in [1.54, 1.807) is 28.6 Å². The number of aryl methyl sites for hydroxylation is 2. The van der Waals surface area contributed by atoms with Crippen molar-refractivity contribution in [1.82, 2.24) is 30.5 Å². The highest BCUT2D eigenvalue weighted by atomic mass is 35.5. The number of fused-ring (bicyclic) bond motifs is 4. The summed E-state index contributed by atoms with van der Waals surface area (Å²) in [6.07, 6.45) is 5.74. The average molecular weight is 603 g/mol. The van der Waals surface area contributed by atoms with Crippen molar-refractivity contribution in [2.75, 3.05) is 31.7 Å². The second-order valence-corrected chi connectivity index (χ2v) is 11.4. The summed E-state index contributed by atoms with van der Waals surface area (Å²) < 4.78 is 21.3. The molecule has 2 heterocycles. The van der Waals surface area contributed by atoms with Gasteiger partial charge in [0.2, 0.25) is 5.91 Å². The molecule has 220 valence electrons. The Kier molecular flexibility index (Phi) is 11.4. The molecule has 0 fully saturated rings. The number of rotatable bonds is 5. The number of thioether (sulfide) groups is 1. The van der Waals surface area contributed by atoms with E-state index in [1.165, 1.54) is 12.1 Å². The van der Waals surface area contributed by atoms with Crippen LogP contribution in [0.1, 0.15) is 46.4 Å². The molecular weight excluding hydrogens is 567 g/mol. The zero-order chi connectivity index (χ0) is 29.2. The second-order valence-electron chi connectivity index (χ2n) is 10.1. The lowest BCUT2D eigenvalue weighted by atomic mass is 10.1. The molecule has 1 atom stereocenters. The number of nitrogens with one attached hydrogen (secondary N) is 2. The van der Waals surface area contributed by atoms with E-state index < -0.39 is 6.04 Å². The summed E-state index contributed by atoms with van der Waals surface area (Å²) in [4.78, 5) is 28.5. The summed E-state index contributed by atoms with van der Waals surface area (Å²) in [7, 11) is 0. The molecule has 2 aromatic carbocycles. The van der Waals surface area contributed by atoms with Crippen molar-refractivity contribution in [3.8, 4) is 5.75 Å². The first-order valence-electron chi connectivity index (χ1n) is 13.7. The number of nitrogens with zero attached hydrogens (tertiary/aromatic N) is 4. The van der Waals surface area contributed by atoms with Gasteiger partial charge in [0.25, 0.3) is 5.91 Å². The van der Waals surface area contributed by atoms with Crippen LogP contribution in [0.4, 0.5) is 4.39 Å². The predicted octanol–water partition coefficient (Wildman–Crippen LogP) is 4.22. The summed E-state index contributed by atoms with van der Waals surface area (Å²) in [5, 5.41) is 14.9. The lowest BCUT2D eigenvalue weighted by Crippen LogP contribution is -2.47. The van der Waals surface area contributed by atoms with Crippen molar-refractivity contribution < 1.29 is 18.7 Å². The summed E-state index contributed by atoms with van der Waals surface area (Å²) in [6.45, 7) is 4.97. The lowest BCUT2D eigenvalue weighted by Gasteiger charge is -2.23. The molecule has 0 saturated carbocycles. The standard InChI is InChI=1S/C29H36ClFN6O3S/c1-20-5-8-24-16-25(20)28(38)33-27(9-14-41-2)29(39)32-10-3-11-36(17-21-6-7-22(31)15-26(21)30)18-23-19-37(35-34-23)12-4-13-40-24/h5-8,15-16,19,27H,3-4,9-14,17-18H2,1-2H3,(H,32,39)(H,33,38)/t27-/m0/s1. The van der Waals surface area contributed by atoms with E-state index in [2.05, 4.69) is 25.8 Å². The molecule has 2 N–H and O–H groups in total. The maximum Gasteiger partial charge on any atom is 0.252 e. The van der Waals surface area contributed by atoms with Gasteiger partial charge in [-0.05, 0) is 67.2 Å². The first kappa shape index (κ1) is 30.8. The number of amides is 2. The Hall–Kier alpha value is -3.15. The minimum Gasteiger partial charge on any atom is -0.494 e. The molecule has 12 heteroatoms. The van der Waals surface area contributed by atoms with Crippen LogP contribution in [0.2, 0.25) is 5.02 Å². The number of hydrogen-bond donors (Lipinski definition) is 2. The lowest BCUT2D eigenvalue weighted by molar-refractivity contribution is -0.123. The Bertz CT molecular complexity index is 1340. The molecule has 0 saturated heterocycles. The molecule has 0 radical (unpaired) electrons. The Morgan fingerprint density at radius 1 is 1.17 bits per heavy atom. The molecule has 41 heavy (non-hydrogen) atoms. The van der Waals surface area contributed by atoms with Crippen LogP contribution in [0, 0.1) is 12.7 Å². The van der Waals surface area contributed by atoms with Gasteiger partial charge < -0.3 is 15.4 Å². The quantitative estimate of drug-likeness (QED) is 0.451. The monoisotopic (exact) mass is 602 g/mol. The topological polar surface area (TPSA) is 101 Å². The molecule has 1 aromatic heterocycles. The molecule has 4 bridgehead atoms. The van der Waals surface area contributed by atoms with Gasteiger partial charge >= 0.3 is 0 Å². The van der Waals surface area contributed by atoms with E-state index in [4.69, 9.17) is 16.3 Å². The molecule has 0 aliphatic carbocycles. The second kappa shape index (κ2) is 15.2. The average Bonchev–Trinajstić information content (AvgIpc) is 3.39. The van der Waals surface area contributed by atoms with Crippen LogP contribution in [0.15, 0.2) is 42.6 Å². The van der Waals surface area contributed by atoms with Gasteiger partial charge in [-0.1, -0.05) is 28.9 Å². The largest absolute Gasteiger partial charge is 0.494 e. The van der Waals surface area contributed by atoms with Crippen molar-refractivity contribution in [2.45, 2.75) is 51.9 Å². The maximum absolute atomic E-state index is 13.6. The van der Waals surface area contributed by atoms with Crippen LogP contribution in [-0.4, -0.2) is 69.5 Å². The number of aromatic nitrogens is 3. The zero-order valence-corrected chi connectivity index (χ0v) is 24.9. The third-order valence-corrected chi connectivity index (χ3v) is 7.81. The Morgan fingerprint density at radius 3 is 2.83 bits per heavy atom. The molecule has 2 amide bonds. The van der Waals surface area contributed by atoms with Gasteiger partial charge in [0, 0.05) is 55.9 Å². The molecule has 1 aliphatic rings. The number of hydrogen-bond acceptors (Lipinski definition) is 7. The van der Waals surface area contributed by atoms with Gasteiger partial charge in [0.1, 0.15) is 17.6 Å². The number of ether oxygens (including phenoxy) is 1. The fraction of sp³-hybridized carbons (Fsp3) is 0.448. The normalized spacial score (nSPS) is 17.8. The molecule has 9 nitrogen and oxygen atoms in total. The first-order valence-corrected chi connectivity index (χ1v) is 15.5. The van der Waals surface area contributed by atoms with Crippen molar-refractivity contribution in [3.05, 3.63) is 75.8 Å². The van der Waals surface area contributed by atoms with Crippen LogP contribution in [0.5, 0.6) is 5.75 Å². The molecule has 4 rings (SSSR count). The Balaban J connectivity index is 1.52. The van der Waals surface area contributed by atoms with Gasteiger partial charge in [0.15, 0.2) is 0 Å². The molecule has 3 aromatic rings. The third kappa shape index (κ3) is 9.17. The number of carbonyl (C=O) groups is 2. The molecular formula is C29H36ClFN6O3S. The summed E-state index contributed by atoms with van der Waals surface area (Å²) in [5.74, 6) is 0.414. The number of halogens is 2.